The number of rotatable bonds is 7. The SMILES string of the molecule is CCNC(=NCc1cccs1)NCCCc1cnn(C)c1.I. The summed E-state index contributed by atoms with van der Waals surface area (Å²) < 4.78 is 1.84. The molecule has 0 atom stereocenters. The van der Waals surface area contributed by atoms with Gasteiger partial charge in [0.15, 0.2) is 5.96 Å². The smallest absolute Gasteiger partial charge is 0.191 e. The molecule has 2 heterocycles. The van der Waals surface area contributed by atoms with Gasteiger partial charge in [0, 0.05) is 31.2 Å². The van der Waals surface area contributed by atoms with Crippen molar-refractivity contribution in [2.24, 2.45) is 12.0 Å². The lowest BCUT2D eigenvalue weighted by molar-refractivity contribution is 0.741. The molecule has 0 radical (unpaired) electrons. The predicted molar refractivity (Wildman–Crippen MR) is 104 cm³/mol. The van der Waals surface area contributed by atoms with Crippen molar-refractivity contribution < 1.29 is 0 Å². The van der Waals surface area contributed by atoms with Crippen molar-refractivity contribution in [3.8, 4) is 0 Å². The van der Waals surface area contributed by atoms with Crippen molar-refractivity contribution in [2.45, 2.75) is 26.3 Å². The summed E-state index contributed by atoms with van der Waals surface area (Å²) in [7, 11) is 1.95. The summed E-state index contributed by atoms with van der Waals surface area (Å²) in [6.07, 6.45) is 6.09. The molecule has 2 aromatic rings. The lowest BCUT2D eigenvalue weighted by Crippen LogP contribution is -2.37. The average Bonchev–Trinajstić information content (AvgIpc) is 3.12. The zero-order chi connectivity index (χ0) is 14.9. The van der Waals surface area contributed by atoms with Crippen LogP contribution in [0.25, 0.3) is 0 Å². The normalized spacial score (nSPS) is 11.1. The summed E-state index contributed by atoms with van der Waals surface area (Å²) in [6, 6.07) is 4.17. The minimum atomic E-state index is 0. The van der Waals surface area contributed by atoms with Crippen molar-refractivity contribution in [3.63, 3.8) is 0 Å². The molecule has 0 saturated heterocycles. The van der Waals surface area contributed by atoms with Crippen LogP contribution in [0.2, 0.25) is 0 Å². The number of halogens is 1. The van der Waals surface area contributed by atoms with Gasteiger partial charge >= 0.3 is 0 Å². The van der Waals surface area contributed by atoms with Crippen molar-refractivity contribution in [3.05, 3.63) is 40.3 Å². The van der Waals surface area contributed by atoms with Crippen LogP contribution in [0, 0.1) is 0 Å². The van der Waals surface area contributed by atoms with Crippen LogP contribution in [0.5, 0.6) is 0 Å². The Bertz CT molecular complexity index is 550. The fourth-order valence-electron chi connectivity index (χ4n) is 2.00. The molecule has 0 aliphatic heterocycles. The zero-order valence-electron chi connectivity index (χ0n) is 13.1. The molecule has 2 N–H and O–H groups in total. The topological polar surface area (TPSA) is 54.2 Å². The minimum absolute atomic E-state index is 0. The molecule has 0 unspecified atom stereocenters. The molecule has 0 aliphatic rings. The highest BCUT2D eigenvalue weighted by Crippen LogP contribution is 2.09. The number of aliphatic imine (C=N–C) groups is 1. The van der Waals surface area contributed by atoms with E-state index >= 15 is 0 Å². The van der Waals surface area contributed by atoms with E-state index in [4.69, 9.17) is 0 Å². The minimum Gasteiger partial charge on any atom is -0.357 e. The van der Waals surface area contributed by atoms with E-state index in [0.717, 1.165) is 38.4 Å². The van der Waals surface area contributed by atoms with Gasteiger partial charge in [-0.3, -0.25) is 4.68 Å². The maximum atomic E-state index is 4.59. The molecular formula is C15H24IN5S. The molecule has 22 heavy (non-hydrogen) atoms. The van der Waals surface area contributed by atoms with Crippen molar-refractivity contribution >= 4 is 41.3 Å². The van der Waals surface area contributed by atoms with Crippen LogP contribution in [0.3, 0.4) is 0 Å². The van der Waals surface area contributed by atoms with E-state index < -0.39 is 0 Å². The third-order valence-corrected chi connectivity index (χ3v) is 3.87. The first-order valence-corrected chi connectivity index (χ1v) is 8.18. The Kier molecular flexibility index (Phi) is 9.14. The van der Waals surface area contributed by atoms with Crippen molar-refractivity contribution in [1.82, 2.24) is 20.4 Å². The van der Waals surface area contributed by atoms with Gasteiger partial charge in [0.05, 0.1) is 12.7 Å². The van der Waals surface area contributed by atoms with Crippen LogP contribution < -0.4 is 10.6 Å². The van der Waals surface area contributed by atoms with E-state index in [1.165, 1.54) is 10.4 Å². The summed E-state index contributed by atoms with van der Waals surface area (Å²) in [5, 5.41) is 12.9. The molecule has 0 saturated carbocycles. The second-order valence-corrected chi connectivity index (χ2v) is 5.86. The molecule has 0 spiro atoms. The van der Waals surface area contributed by atoms with Crippen molar-refractivity contribution in [1.29, 1.82) is 0 Å². The van der Waals surface area contributed by atoms with Crippen LogP contribution in [0.4, 0.5) is 0 Å². The van der Waals surface area contributed by atoms with E-state index in [9.17, 15) is 0 Å². The Morgan fingerprint density at radius 2 is 2.27 bits per heavy atom. The van der Waals surface area contributed by atoms with E-state index in [2.05, 4.69) is 51.4 Å². The quantitative estimate of drug-likeness (QED) is 0.306. The first kappa shape index (κ1) is 19.0. The number of thiophene rings is 1. The lowest BCUT2D eigenvalue weighted by Gasteiger charge is -2.10. The summed E-state index contributed by atoms with van der Waals surface area (Å²) >= 11 is 1.74. The van der Waals surface area contributed by atoms with E-state index in [0.29, 0.717) is 0 Å². The molecule has 0 bridgehead atoms. The molecule has 2 aromatic heterocycles. The van der Waals surface area contributed by atoms with E-state index in [-0.39, 0.29) is 24.0 Å². The van der Waals surface area contributed by atoms with Gasteiger partial charge in [0.1, 0.15) is 0 Å². The largest absolute Gasteiger partial charge is 0.357 e. The lowest BCUT2D eigenvalue weighted by atomic mass is 10.2. The van der Waals surface area contributed by atoms with Crippen LogP contribution in [0.1, 0.15) is 23.8 Å². The van der Waals surface area contributed by atoms with E-state index in [1.807, 2.05) is 17.9 Å². The Morgan fingerprint density at radius 1 is 1.41 bits per heavy atom. The summed E-state index contributed by atoms with van der Waals surface area (Å²) in [4.78, 5) is 5.87. The number of guanidine groups is 1. The van der Waals surface area contributed by atoms with E-state index in [1.54, 1.807) is 11.3 Å². The maximum Gasteiger partial charge on any atom is 0.191 e. The van der Waals surface area contributed by atoms with Gasteiger partial charge in [-0.05, 0) is 36.8 Å². The first-order valence-electron chi connectivity index (χ1n) is 7.30. The number of hydrogen-bond acceptors (Lipinski definition) is 3. The number of nitrogens with zero attached hydrogens (tertiary/aromatic N) is 3. The van der Waals surface area contributed by atoms with Gasteiger partial charge in [-0.1, -0.05) is 6.07 Å². The summed E-state index contributed by atoms with van der Waals surface area (Å²) in [6.45, 7) is 4.59. The highest BCUT2D eigenvalue weighted by atomic mass is 127. The molecule has 0 aromatic carbocycles. The maximum absolute atomic E-state index is 4.59. The number of aryl methyl sites for hydroxylation is 2. The van der Waals surface area contributed by atoms with Gasteiger partial charge < -0.3 is 10.6 Å². The predicted octanol–water partition coefficient (Wildman–Crippen LogP) is 2.79. The Balaban J connectivity index is 0.00000242. The first-order chi connectivity index (χ1) is 10.3. The third-order valence-electron chi connectivity index (χ3n) is 3.01. The molecule has 5 nitrogen and oxygen atoms in total. The molecule has 0 amide bonds. The van der Waals surface area contributed by atoms with Crippen molar-refractivity contribution in [2.75, 3.05) is 13.1 Å². The summed E-state index contributed by atoms with van der Waals surface area (Å²) in [5.41, 5.74) is 1.28. The van der Waals surface area contributed by atoms with Gasteiger partial charge in [-0.15, -0.1) is 35.3 Å². The second-order valence-electron chi connectivity index (χ2n) is 4.83. The zero-order valence-corrected chi connectivity index (χ0v) is 16.2. The van der Waals surface area contributed by atoms with Crippen LogP contribution in [-0.4, -0.2) is 28.8 Å². The highest BCUT2D eigenvalue weighted by Gasteiger charge is 1.99. The average molecular weight is 433 g/mol. The summed E-state index contributed by atoms with van der Waals surface area (Å²) in [5.74, 6) is 0.886. The fraction of sp³-hybridized carbons (Fsp3) is 0.467. The number of nitrogens with one attached hydrogen (secondary N) is 2. The molecule has 0 fully saturated rings. The monoisotopic (exact) mass is 433 g/mol. The van der Waals surface area contributed by atoms with Crippen LogP contribution in [-0.2, 0) is 20.0 Å². The number of hydrogen-bond donors (Lipinski definition) is 2. The van der Waals surface area contributed by atoms with Gasteiger partial charge in [-0.25, -0.2) is 4.99 Å². The highest BCUT2D eigenvalue weighted by molar-refractivity contribution is 14.0. The molecule has 0 aliphatic carbocycles. The molecule has 122 valence electrons. The van der Waals surface area contributed by atoms with Crippen LogP contribution >= 0.6 is 35.3 Å². The Labute approximate surface area is 153 Å². The van der Waals surface area contributed by atoms with Crippen LogP contribution in [0.15, 0.2) is 34.9 Å². The number of aromatic nitrogens is 2. The molecule has 2 rings (SSSR count). The fourth-order valence-corrected chi connectivity index (χ4v) is 2.63. The van der Waals surface area contributed by atoms with Gasteiger partial charge in [0.2, 0.25) is 0 Å². The standard InChI is InChI=1S/C15H23N5S.HI/c1-3-16-15(18-11-14-7-5-9-21-14)17-8-4-6-13-10-19-20(2)12-13;/h5,7,9-10,12H,3-4,6,8,11H2,1-2H3,(H2,16,17,18);1H. The molecular weight excluding hydrogens is 409 g/mol. The Morgan fingerprint density at radius 3 is 2.91 bits per heavy atom. The molecule has 7 heteroatoms. The Hall–Kier alpha value is -1.09. The van der Waals surface area contributed by atoms with Gasteiger partial charge in [0.25, 0.3) is 0 Å². The second kappa shape index (κ2) is 10.6. The third kappa shape index (κ3) is 6.78. The van der Waals surface area contributed by atoms with Gasteiger partial charge in [-0.2, -0.15) is 5.10 Å².